The molecule has 2 aromatic carbocycles. The first-order valence-corrected chi connectivity index (χ1v) is 12.4. The van der Waals surface area contributed by atoms with Gasteiger partial charge in [0.15, 0.2) is 0 Å². The van der Waals surface area contributed by atoms with Gasteiger partial charge in [-0.1, -0.05) is 36.4 Å². The van der Waals surface area contributed by atoms with Gasteiger partial charge in [-0.15, -0.1) is 0 Å². The van der Waals surface area contributed by atoms with Crippen LogP contribution in [0.1, 0.15) is 28.8 Å². The van der Waals surface area contributed by atoms with E-state index in [-0.39, 0.29) is 24.0 Å². The molecule has 0 spiro atoms. The van der Waals surface area contributed by atoms with Crippen molar-refractivity contribution in [3.05, 3.63) is 77.5 Å². The number of benzene rings is 2. The molecule has 2 atom stereocenters. The van der Waals surface area contributed by atoms with Gasteiger partial charge in [0.2, 0.25) is 15.9 Å². The van der Waals surface area contributed by atoms with E-state index < -0.39 is 16.1 Å². The zero-order valence-corrected chi connectivity index (χ0v) is 20.0. The summed E-state index contributed by atoms with van der Waals surface area (Å²) in [5, 5.41) is 24.2. The van der Waals surface area contributed by atoms with Crippen molar-refractivity contribution in [1.29, 1.82) is 0 Å². The van der Waals surface area contributed by atoms with E-state index in [2.05, 4.69) is 15.0 Å². The molecule has 3 rings (SSSR count). The van der Waals surface area contributed by atoms with Crippen LogP contribution in [0.2, 0.25) is 0 Å². The molecular weight excluding hydrogens is 458 g/mol. The van der Waals surface area contributed by atoms with E-state index in [4.69, 9.17) is 9.47 Å². The van der Waals surface area contributed by atoms with Crippen LogP contribution < -0.4 is 19.5 Å². The predicted molar refractivity (Wildman–Crippen MR) is 130 cm³/mol. The number of phenolic OH excluding ortho intramolecular Hbond substituents is 1. The fourth-order valence-electron chi connectivity index (χ4n) is 3.64. The molecule has 0 fully saturated rings. The molecule has 4 N–H and O–H groups in total. The summed E-state index contributed by atoms with van der Waals surface area (Å²) in [5.41, 5.74) is 2.20. The Kier molecular flexibility index (Phi) is 8.32. The molecule has 182 valence electrons. The monoisotopic (exact) mass is 487 g/mol. The smallest absolute Gasteiger partial charge is 0.229 e. The molecule has 0 aliphatic heterocycles. The second kappa shape index (κ2) is 11.2. The van der Waals surface area contributed by atoms with Crippen LogP contribution in [0.4, 0.5) is 5.69 Å². The highest BCUT2D eigenvalue weighted by Crippen LogP contribution is 2.35. The maximum atomic E-state index is 11.6. The molecule has 34 heavy (non-hydrogen) atoms. The number of pyridine rings is 1. The normalized spacial score (nSPS) is 13.2. The van der Waals surface area contributed by atoms with Gasteiger partial charge in [0, 0.05) is 18.8 Å². The molecule has 0 aliphatic rings. The number of rotatable bonds is 11. The number of phenols is 1. The fraction of sp³-hybridized carbons (Fsp3) is 0.292. The Hall–Kier alpha value is -3.34. The van der Waals surface area contributed by atoms with Crippen molar-refractivity contribution in [2.75, 3.05) is 31.7 Å². The van der Waals surface area contributed by atoms with E-state index in [9.17, 15) is 18.6 Å². The Morgan fingerprint density at radius 3 is 2.44 bits per heavy atom. The van der Waals surface area contributed by atoms with E-state index in [0.29, 0.717) is 29.2 Å². The van der Waals surface area contributed by atoms with Gasteiger partial charge < -0.3 is 25.0 Å². The zero-order chi connectivity index (χ0) is 24.7. The van der Waals surface area contributed by atoms with Gasteiger partial charge in [-0.25, -0.2) is 13.4 Å². The van der Waals surface area contributed by atoms with Gasteiger partial charge in [-0.2, -0.15) is 0 Å². The number of methoxy groups -OCH3 is 2. The Morgan fingerprint density at radius 1 is 1.06 bits per heavy atom. The van der Waals surface area contributed by atoms with Crippen molar-refractivity contribution in [2.24, 2.45) is 0 Å². The number of nitrogens with one attached hydrogen (secondary N) is 2. The zero-order valence-electron chi connectivity index (χ0n) is 19.2. The first kappa shape index (κ1) is 25.3. The van der Waals surface area contributed by atoms with Crippen molar-refractivity contribution in [2.45, 2.75) is 18.6 Å². The molecule has 1 heterocycles. The van der Waals surface area contributed by atoms with E-state index in [1.54, 1.807) is 19.4 Å². The first-order valence-electron chi connectivity index (χ1n) is 10.5. The van der Waals surface area contributed by atoms with Crippen LogP contribution in [0.25, 0.3) is 0 Å². The highest BCUT2D eigenvalue weighted by Gasteiger charge is 2.24. The summed E-state index contributed by atoms with van der Waals surface area (Å²) in [6.07, 6.45) is 2.16. The minimum atomic E-state index is -3.60. The van der Waals surface area contributed by atoms with Crippen molar-refractivity contribution in [3.63, 3.8) is 0 Å². The number of nitrogens with zero attached hydrogens (tertiary/aromatic N) is 1. The number of aliphatic hydroxyl groups excluding tert-OH is 1. The summed E-state index contributed by atoms with van der Waals surface area (Å²) in [4.78, 5) is 4.31. The second-order valence-corrected chi connectivity index (χ2v) is 9.50. The Morgan fingerprint density at radius 2 is 1.79 bits per heavy atom. The summed E-state index contributed by atoms with van der Waals surface area (Å²) >= 11 is 0. The SMILES string of the molecule is COc1ccnc(OC)c1C(Cc1ccccc1)NCC(O)c1ccc(O)c(NS(C)(=O)=O)c1. The molecule has 3 aromatic rings. The predicted octanol–water partition coefficient (Wildman–Crippen LogP) is 2.78. The van der Waals surface area contributed by atoms with Crippen LogP contribution in [-0.2, 0) is 16.4 Å². The number of aromatic hydroxyl groups is 1. The number of hydrogen-bond acceptors (Lipinski definition) is 8. The average molecular weight is 488 g/mol. The molecule has 0 bridgehead atoms. The van der Waals surface area contributed by atoms with Gasteiger partial charge in [0.05, 0.1) is 37.8 Å². The molecule has 0 saturated heterocycles. The second-order valence-electron chi connectivity index (χ2n) is 7.75. The van der Waals surface area contributed by atoms with Gasteiger partial charge in [0.25, 0.3) is 0 Å². The quantitative estimate of drug-likeness (QED) is 0.304. The molecule has 0 radical (unpaired) electrons. The third kappa shape index (κ3) is 6.60. The van der Waals surface area contributed by atoms with E-state index in [1.807, 2.05) is 30.3 Å². The van der Waals surface area contributed by atoms with Crippen LogP contribution in [0.15, 0.2) is 60.8 Å². The lowest BCUT2D eigenvalue weighted by Crippen LogP contribution is -2.29. The highest BCUT2D eigenvalue weighted by atomic mass is 32.2. The van der Waals surface area contributed by atoms with Crippen LogP contribution in [-0.4, -0.2) is 50.6 Å². The molecule has 0 saturated carbocycles. The number of aromatic nitrogens is 1. The van der Waals surface area contributed by atoms with E-state index in [1.165, 1.54) is 25.3 Å². The number of sulfonamides is 1. The van der Waals surface area contributed by atoms with Gasteiger partial charge in [-0.05, 0) is 35.7 Å². The van der Waals surface area contributed by atoms with E-state index in [0.717, 1.165) is 11.8 Å². The topological polar surface area (TPSA) is 130 Å². The highest BCUT2D eigenvalue weighted by molar-refractivity contribution is 7.92. The minimum absolute atomic E-state index is 0.00418. The number of anilines is 1. The number of hydrogen-bond donors (Lipinski definition) is 4. The molecule has 1 aromatic heterocycles. The van der Waals surface area contributed by atoms with Crippen LogP contribution in [0, 0.1) is 0 Å². The van der Waals surface area contributed by atoms with Crippen LogP contribution in [0.5, 0.6) is 17.4 Å². The maximum Gasteiger partial charge on any atom is 0.229 e. The lowest BCUT2D eigenvalue weighted by Gasteiger charge is -2.24. The Balaban J connectivity index is 1.88. The van der Waals surface area contributed by atoms with Gasteiger partial charge in [-0.3, -0.25) is 4.72 Å². The maximum absolute atomic E-state index is 11.6. The molecule has 0 aliphatic carbocycles. The first-order chi connectivity index (χ1) is 16.2. The third-order valence-electron chi connectivity index (χ3n) is 5.22. The van der Waals surface area contributed by atoms with Crippen molar-refractivity contribution in [3.8, 4) is 17.4 Å². The van der Waals surface area contributed by atoms with E-state index >= 15 is 0 Å². The fourth-order valence-corrected chi connectivity index (χ4v) is 4.20. The standard InChI is InChI=1S/C24H29N3O6S/c1-32-22-11-12-25-24(33-2)23(22)19(13-16-7-5-4-6-8-16)26-15-21(29)17-9-10-20(28)18(14-17)27-34(3,30)31/h4-12,14,19,21,26-29H,13,15H2,1-3H3. The average Bonchev–Trinajstić information content (AvgIpc) is 2.82. The summed E-state index contributed by atoms with van der Waals surface area (Å²) < 4.78 is 36.4. The minimum Gasteiger partial charge on any atom is -0.506 e. The summed E-state index contributed by atoms with van der Waals surface area (Å²) in [5.74, 6) is 0.770. The van der Waals surface area contributed by atoms with Gasteiger partial charge in [0.1, 0.15) is 11.5 Å². The summed E-state index contributed by atoms with van der Waals surface area (Å²) in [6, 6.07) is 15.5. The molecule has 9 nitrogen and oxygen atoms in total. The van der Waals surface area contributed by atoms with Crippen LogP contribution in [0.3, 0.4) is 0 Å². The van der Waals surface area contributed by atoms with Crippen molar-refractivity contribution >= 4 is 15.7 Å². The summed E-state index contributed by atoms with van der Waals surface area (Å²) in [6.45, 7) is 0.127. The largest absolute Gasteiger partial charge is 0.506 e. The number of ether oxygens (including phenoxy) is 2. The van der Waals surface area contributed by atoms with Crippen LogP contribution >= 0.6 is 0 Å². The molecular formula is C24H29N3O6S. The molecule has 0 amide bonds. The molecule has 10 heteroatoms. The Bertz CT molecular complexity index is 1180. The lowest BCUT2D eigenvalue weighted by molar-refractivity contribution is 0.169. The number of aliphatic hydroxyl groups is 1. The van der Waals surface area contributed by atoms with Gasteiger partial charge >= 0.3 is 0 Å². The summed E-state index contributed by atoms with van der Waals surface area (Å²) in [7, 11) is -0.493. The Labute approximate surface area is 199 Å². The third-order valence-corrected chi connectivity index (χ3v) is 5.81. The van der Waals surface area contributed by atoms with Crippen molar-refractivity contribution in [1.82, 2.24) is 10.3 Å². The van der Waals surface area contributed by atoms with Crippen molar-refractivity contribution < 1.29 is 28.1 Å². The molecule has 2 unspecified atom stereocenters. The lowest BCUT2D eigenvalue weighted by atomic mass is 9.98.